The first-order valence-electron chi connectivity index (χ1n) is 5.98. The van der Waals surface area contributed by atoms with Gasteiger partial charge in [-0.05, 0) is 42.7 Å². The van der Waals surface area contributed by atoms with Gasteiger partial charge in [-0.1, -0.05) is 12.1 Å². The second-order valence-corrected chi connectivity index (χ2v) is 5.33. The number of hydrogen-bond donors (Lipinski definition) is 2. The number of nitrogens with one attached hydrogen (secondary N) is 2. The maximum atomic E-state index is 5.20. The molecular weight excluding hydrogens is 290 g/mol. The molecule has 1 aromatic carbocycles. The lowest BCUT2D eigenvalue weighted by atomic mass is 10.3. The van der Waals surface area contributed by atoms with E-state index in [4.69, 9.17) is 17.0 Å². The molecule has 2 N–H and O–H groups in total. The average molecular weight is 305 g/mol. The summed E-state index contributed by atoms with van der Waals surface area (Å²) in [7, 11) is 1.63. The predicted molar refractivity (Wildman–Crippen MR) is 88.9 cm³/mol. The molecule has 0 fully saturated rings. The smallest absolute Gasteiger partial charge is 0.191 e. The zero-order valence-corrected chi connectivity index (χ0v) is 12.8. The van der Waals surface area contributed by atoms with Crippen LogP contribution >= 0.6 is 23.6 Å². The number of thiocarbonyl (C=S) groups is 1. The quantitative estimate of drug-likeness (QED) is 0.516. The van der Waals surface area contributed by atoms with Gasteiger partial charge >= 0.3 is 0 Å². The van der Waals surface area contributed by atoms with Crippen molar-refractivity contribution >= 4 is 40.1 Å². The highest BCUT2D eigenvalue weighted by Crippen LogP contribution is 2.16. The van der Waals surface area contributed by atoms with Gasteiger partial charge in [0.25, 0.3) is 0 Å². The van der Waals surface area contributed by atoms with E-state index in [1.807, 2.05) is 48.7 Å². The highest BCUT2D eigenvalue weighted by Gasteiger charge is 2.00. The van der Waals surface area contributed by atoms with E-state index >= 15 is 0 Å². The number of hydrazone groups is 1. The lowest BCUT2D eigenvalue weighted by molar-refractivity contribution is 0.415. The molecule has 0 aliphatic carbocycles. The standard InChI is InChI=1S/C14H15N3OS2/c1-10(13-7-4-8-20-13)16-17-14(19)15-11-5-3-6-12(9-11)18-2/h3-9H,1-2H3,(H2,15,17,19)/b16-10-. The summed E-state index contributed by atoms with van der Waals surface area (Å²) in [6, 6.07) is 11.6. The van der Waals surface area contributed by atoms with Gasteiger partial charge in [0.15, 0.2) is 5.11 Å². The molecule has 0 saturated heterocycles. The first-order valence-corrected chi connectivity index (χ1v) is 7.27. The summed E-state index contributed by atoms with van der Waals surface area (Å²) in [6.07, 6.45) is 0. The Morgan fingerprint density at radius 3 is 2.85 bits per heavy atom. The van der Waals surface area contributed by atoms with Gasteiger partial charge in [0.05, 0.1) is 12.8 Å². The predicted octanol–water partition coefficient (Wildman–Crippen LogP) is 3.47. The molecule has 0 bridgehead atoms. The fourth-order valence-electron chi connectivity index (χ4n) is 1.53. The van der Waals surface area contributed by atoms with Crippen LogP contribution in [0.4, 0.5) is 5.69 Å². The van der Waals surface area contributed by atoms with Crippen molar-refractivity contribution in [3.05, 3.63) is 46.7 Å². The Kier molecular flexibility index (Phi) is 5.09. The minimum atomic E-state index is 0.439. The van der Waals surface area contributed by atoms with Gasteiger partial charge in [-0.25, -0.2) is 0 Å². The second-order valence-electron chi connectivity index (χ2n) is 3.97. The van der Waals surface area contributed by atoms with E-state index in [1.165, 1.54) is 0 Å². The fraction of sp³-hybridized carbons (Fsp3) is 0.143. The highest BCUT2D eigenvalue weighted by atomic mass is 32.1. The zero-order valence-electron chi connectivity index (χ0n) is 11.2. The van der Waals surface area contributed by atoms with Gasteiger partial charge < -0.3 is 10.1 Å². The molecule has 20 heavy (non-hydrogen) atoms. The van der Waals surface area contributed by atoms with Crippen molar-refractivity contribution in [1.82, 2.24) is 5.43 Å². The summed E-state index contributed by atoms with van der Waals surface area (Å²) in [4.78, 5) is 1.11. The number of thiophene rings is 1. The first-order chi connectivity index (χ1) is 9.69. The van der Waals surface area contributed by atoms with Crippen molar-refractivity contribution in [1.29, 1.82) is 0 Å². The van der Waals surface area contributed by atoms with E-state index in [-0.39, 0.29) is 0 Å². The van der Waals surface area contributed by atoms with Gasteiger partial charge in [0.2, 0.25) is 0 Å². The van der Waals surface area contributed by atoms with Gasteiger partial charge in [-0.15, -0.1) is 11.3 Å². The van der Waals surface area contributed by atoms with Gasteiger partial charge in [-0.3, -0.25) is 5.43 Å². The van der Waals surface area contributed by atoms with Gasteiger partial charge in [0.1, 0.15) is 5.75 Å². The van der Waals surface area contributed by atoms with Crippen LogP contribution in [0.5, 0.6) is 5.75 Å². The summed E-state index contributed by atoms with van der Waals surface area (Å²) < 4.78 is 5.15. The number of methoxy groups -OCH3 is 1. The minimum Gasteiger partial charge on any atom is -0.497 e. The molecule has 6 heteroatoms. The van der Waals surface area contributed by atoms with E-state index in [9.17, 15) is 0 Å². The molecule has 0 amide bonds. The van der Waals surface area contributed by atoms with Crippen molar-refractivity contribution in [3.8, 4) is 5.75 Å². The molecule has 0 spiro atoms. The maximum Gasteiger partial charge on any atom is 0.191 e. The summed E-state index contributed by atoms with van der Waals surface area (Å²) in [5, 5.41) is 9.76. The van der Waals surface area contributed by atoms with E-state index < -0.39 is 0 Å². The van der Waals surface area contributed by atoms with Crippen LogP contribution in [0.15, 0.2) is 46.9 Å². The molecule has 1 heterocycles. The molecule has 0 aliphatic rings. The van der Waals surface area contributed by atoms with Gasteiger partial charge in [0, 0.05) is 16.6 Å². The van der Waals surface area contributed by atoms with Crippen molar-refractivity contribution in [3.63, 3.8) is 0 Å². The summed E-state index contributed by atoms with van der Waals surface area (Å²) in [5.41, 5.74) is 4.58. The molecule has 0 atom stereocenters. The Morgan fingerprint density at radius 2 is 2.15 bits per heavy atom. The molecule has 1 aromatic heterocycles. The Bertz CT molecular complexity index is 609. The molecule has 4 nitrogen and oxygen atoms in total. The number of anilines is 1. The third kappa shape index (κ3) is 4.04. The number of ether oxygens (including phenoxy) is 1. The van der Waals surface area contributed by atoms with E-state index in [0.717, 1.165) is 22.0 Å². The second kappa shape index (κ2) is 7.02. The SMILES string of the molecule is COc1cccc(NC(=S)N/N=C(/C)c2cccs2)c1. The Balaban J connectivity index is 1.94. The molecule has 0 saturated carbocycles. The van der Waals surface area contributed by atoms with Crippen molar-refractivity contribution in [2.45, 2.75) is 6.92 Å². The van der Waals surface area contributed by atoms with Crippen LogP contribution in [0.3, 0.4) is 0 Å². The summed E-state index contributed by atoms with van der Waals surface area (Å²) in [6.45, 7) is 1.94. The summed E-state index contributed by atoms with van der Waals surface area (Å²) >= 11 is 6.84. The normalized spacial score (nSPS) is 11.0. The van der Waals surface area contributed by atoms with E-state index in [0.29, 0.717) is 5.11 Å². The third-order valence-electron chi connectivity index (χ3n) is 2.53. The number of hydrogen-bond acceptors (Lipinski definition) is 4. The average Bonchev–Trinajstić information content (AvgIpc) is 2.99. The van der Waals surface area contributed by atoms with Crippen molar-refractivity contribution < 1.29 is 4.74 Å². The number of nitrogens with zero attached hydrogens (tertiary/aromatic N) is 1. The van der Waals surface area contributed by atoms with E-state index in [1.54, 1.807) is 18.4 Å². The molecule has 0 unspecified atom stereocenters. The van der Waals surface area contributed by atoms with Crippen LogP contribution in [0.2, 0.25) is 0 Å². The first kappa shape index (κ1) is 14.5. The Morgan fingerprint density at radius 1 is 1.30 bits per heavy atom. The molecular formula is C14H15N3OS2. The minimum absolute atomic E-state index is 0.439. The Labute approximate surface area is 127 Å². The molecule has 104 valence electrons. The van der Waals surface area contributed by atoms with Crippen molar-refractivity contribution in [2.75, 3.05) is 12.4 Å². The largest absolute Gasteiger partial charge is 0.497 e. The topological polar surface area (TPSA) is 45.6 Å². The number of benzene rings is 1. The van der Waals surface area contributed by atoms with Gasteiger partial charge in [-0.2, -0.15) is 5.10 Å². The van der Waals surface area contributed by atoms with Crippen LogP contribution in [0.25, 0.3) is 0 Å². The fourth-order valence-corrected chi connectivity index (χ4v) is 2.37. The third-order valence-corrected chi connectivity index (χ3v) is 3.70. The monoisotopic (exact) mass is 305 g/mol. The molecule has 0 radical (unpaired) electrons. The van der Waals surface area contributed by atoms with Crippen molar-refractivity contribution in [2.24, 2.45) is 5.10 Å². The summed E-state index contributed by atoms with van der Waals surface area (Å²) in [5.74, 6) is 0.774. The van der Waals surface area contributed by atoms with Crippen LogP contribution < -0.4 is 15.5 Å². The number of rotatable bonds is 4. The van der Waals surface area contributed by atoms with Crippen LogP contribution in [0.1, 0.15) is 11.8 Å². The van der Waals surface area contributed by atoms with Crippen LogP contribution in [-0.2, 0) is 0 Å². The Hall–Kier alpha value is -1.92. The van der Waals surface area contributed by atoms with Crippen LogP contribution in [0, 0.1) is 0 Å². The zero-order chi connectivity index (χ0) is 14.4. The highest BCUT2D eigenvalue weighted by molar-refractivity contribution is 7.80. The molecule has 0 aliphatic heterocycles. The van der Waals surface area contributed by atoms with Crippen LogP contribution in [-0.4, -0.2) is 17.9 Å². The molecule has 2 rings (SSSR count). The lowest BCUT2D eigenvalue weighted by Crippen LogP contribution is -2.24. The molecule has 2 aromatic rings. The lowest BCUT2D eigenvalue weighted by Gasteiger charge is -2.08. The van der Waals surface area contributed by atoms with E-state index in [2.05, 4.69) is 15.8 Å². The maximum absolute atomic E-state index is 5.20.